The minimum atomic E-state index is -0.479. The van der Waals surface area contributed by atoms with Gasteiger partial charge in [0.1, 0.15) is 0 Å². The first-order valence-electron chi connectivity index (χ1n) is 8.05. The lowest BCUT2D eigenvalue weighted by molar-refractivity contribution is -0.384. The fraction of sp³-hybridized carbons (Fsp3) is 0.250. The van der Waals surface area contributed by atoms with E-state index >= 15 is 0 Å². The molecule has 1 aromatic carbocycles. The number of nitro benzene ring substituents is 1. The molecule has 0 atom stereocenters. The Kier molecular flexibility index (Phi) is 4.59. The lowest BCUT2D eigenvalue weighted by Crippen LogP contribution is -2.37. The summed E-state index contributed by atoms with van der Waals surface area (Å²) in [4.78, 5) is 39.0. The van der Waals surface area contributed by atoms with Crippen LogP contribution >= 0.6 is 0 Å². The summed E-state index contributed by atoms with van der Waals surface area (Å²) in [6.07, 6.45) is 1.47. The van der Waals surface area contributed by atoms with Crippen molar-refractivity contribution in [2.24, 2.45) is 19.2 Å². The smallest absolute Gasteiger partial charge is 0.303 e. The molecule has 0 fully saturated rings. The Labute approximate surface area is 152 Å². The van der Waals surface area contributed by atoms with E-state index < -0.39 is 16.2 Å². The Hall–Kier alpha value is -3.76. The molecule has 2 aromatic heterocycles. The maximum Gasteiger partial charge on any atom is 0.332 e. The fourth-order valence-corrected chi connectivity index (χ4v) is 2.69. The van der Waals surface area contributed by atoms with E-state index in [1.807, 2.05) is 6.92 Å². The zero-order valence-electron chi connectivity index (χ0n) is 14.9. The van der Waals surface area contributed by atoms with Gasteiger partial charge < -0.3 is 4.57 Å². The van der Waals surface area contributed by atoms with Crippen LogP contribution in [0, 0.1) is 10.1 Å². The third-order valence-electron chi connectivity index (χ3n) is 4.15. The quantitative estimate of drug-likeness (QED) is 0.401. The van der Waals surface area contributed by atoms with Crippen LogP contribution in [0.25, 0.3) is 11.2 Å². The Morgan fingerprint density at radius 1 is 1.22 bits per heavy atom. The number of fused-ring (bicyclic) bond motifs is 1. The monoisotopic (exact) mass is 371 g/mol. The molecule has 2 heterocycles. The molecule has 3 aromatic rings. The van der Waals surface area contributed by atoms with Gasteiger partial charge in [-0.1, -0.05) is 0 Å². The number of imidazole rings is 1. The zero-order valence-corrected chi connectivity index (χ0v) is 14.9. The standard InChI is InChI=1S/C16H17N7O4/c1-4-22-12-13(20(2)16(25)21(3)14(12)24)18-15(22)19-17-9-10-5-7-11(8-6-10)23(26)27/h5-9H,4H2,1-3H3,(H,18,19). The molecule has 1 N–H and O–H groups in total. The first-order chi connectivity index (χ1) is 12.8. The minimum Gasteiger partial charge on any atom is -0.303 e. The van der Waals surface area contributed by atoms with E-state index in [1.165, 1.54) is 30.0 Å². The van der Waals surface area contributed by atoms with Gasteiger partial charge in [0, 0.05) is 32.8 Å². The summed E-state index contributed by atoms with van der Waals surface area (Å²) in [5, 5.41) is 14.7. The fourth-order valence-electron chi connectivity index (χ4n) is 2.69. The van der Waals surface area contributed by atoms with Crippen molar-refractivity contribution in [1.82, 2.24) is 18.7 Å². The van der Waals surface area contributed by atoms with Crippen molar-refractivity contribution in [3.63, 3.8) is 0 Å². The molecule has 11 heteroatoms. The van der Waals surface area contributed by atoms with Crippen LogP contribution in [0.2, 0.25) is 0 Å². The number of non-ortho nitro benzene ring substituents is 1. The van der Waals surface area contributed by atoms with Gasteiger partial charge in [-0.05, 0) is 24.6 Å². The molecule has 0 aliphatic carbocycles. The van der Waals surface area contributed by atoms with Gasteiger partial charge in [-0.25, -0.2) is 10.2 Å². The number of hydrazone groups is 1. The van der Waals surface area contributed by atoms with Crippen molar-refractivity contribution in [1.29, 1.82) is 0 Å². The second-order valence-electron chi connectivity index (χ2n) is 5.78. The second kappa shape index (κ2) is 6.86. The van der Waals surface area contributed by atoms with Gasteiger partial charge >= 0.3 is 5.69 Å². The highest BCUT2D eigenvalue weighted by Gasteiger charge is 2.17. The molecular weight excluding hydrogens is 354 g/mol. The Balaban J connectivity index is 1.96. The Bertz CT molecular complexity index is 1170. The Morgan fingerprint density at radius 3 is 2.48 bits per heavy atom. The highest BCUT2D eigenvalue weighted by molar-refractivity contribution is 5.81. The number of hydrogen-bond acceptors (Lipinski definition) is 7. The van der Waals surface area contributed by atoms with E-state index in [9.17, 15) is 19.7 Å². The van der Waals surface area contributed by atoms with E-state index in [1.54, 1.807) is 23.7 Å². The van der Waals surface area contributed by atoms with E-state index in [0.717, 1.165) is 4.57 Å². The number of nitro groups is 1. The molecule has 0 saturated heterocycles. The molecule has 0 unspecified atom stereocenters. The number of aromatic nitrogens is 4. The number of benzene rings is 1. The average Bonchev–Trinajstić information content (AvgIpc) is 3.03. The summed E-state index contributed by atoms with van der Waals surface area (Å²) >= 11 is 0. The largest absolute Gasteiger partial charge is 0.332 e. The first-order valence-corrected chi connectivity index (χ1v) is 8.05. The number of aryl methyl sites for hydroxylation is 2. The van der Waals surface area contributed by atoms with E-state index in [4.69, 9.17) is 0 Å². The summed E-state index contributed by atoms with van der Waals surface area (Å²) in [5.41, 5.74) is 3.06. The topological polar surface area (TPSA) is 129 Å². The van der Waals surface area contributed by atoms with Gasteiger partial charge in [0.25, 0.3) is 11.2 Å². The van der Waals surface area contributed by atoms with Crippen LogP contribution < -0.4 is 16.7 Å². The molecule has 3 rings (SSSR count). The van der Waals surface area contributed by atoms with Gasteiger partial charge in [0.2, 0.25) is 5.95 Å². The molecule has 0 amide bonds. The van der Waals surface area contributed by atoms with Crippen molar-refractivity contribution in [2.75, 3.05) is 5.43 Å². The molecule has 27 heavy (non-hydrogen) atoms. The third-order valence-corrected chi connectivity index (χ3v) is 4.15. The molecule has 140 valence electrons. The molecule has 11 nitrogen and oxygen atoms in total. The molecule has 0 bridgehead atoms. The number of anilines is 1. The van der Waals surface area contributed by atoms with E-state index in [2.05, 4.69) is 15.5 Å². The summed E-state index contributed by atoms with van der Waals surface area (Å²) in [6, 6.07) is 5.88. The van der Waals surface area contributed by atoms with Crippen LogP contribution in [0.15, 0.2) is 39.0 Å². The molecule has 0 spiro atoms. The number of nitrogens with zero attached hydrogens (tertiary/aromatic N) is 6. The SMILES string of the molecule is CCn1c(NN=Cc2ccc([N+](=O)[O-])cc2)nc2c1c(=O)n(C)c(=O)n2C. The molecular formula is C16H17N7O4. The van der Waals surface area contributed by atoms with Crippen LogP contribution in [0.4, 0.5) is 11.6 Å². The highest BCUT2D eigenvalue weighted by atomic mass is 16.6. The number of rotatable bonds is 5. The lowest BCUT2D eigenvalue weighted by atomic mass is 10.2. The number of hydrogen-bond donors (Lipinski definition) is 1. The Morgan fingerprint density at radius 2 is 1.89 bits per heavy atom. The minimum absolute atomic E-state index is 0.00959. The van der Waals surface area contributed by atoms with Gasteiger partial charge in [-0.15, -0.1) is 0 Å². The van der Waals surface area contributed by atoms with Crippen molar-refractivity contribution >= 4 is 29.0 Å². The molecule has 0 saturated carbocycles. The summed E-state index contributed by atoms with van der Waals surface area (Å²) in [7, 11) is 2.96. The predicted molar refractivity (Wildman–Crippen MR) is 100 cm³/mol. The molecule has 0 radical (unpaired) electrons. The normalized spacial score (nSPS) is 11.4. The predicted octanol–water partition coefficient (Wildman–Crippen LogP) is 0.808. The van der Waals surface area contributed by atoms with E-state index in [-0.39, 0.29) is 11.3 Å². The third kappa shape index (κ3) is 3.10. The van der Waals surface area contributed by atoms with Crippen molar-refractivity contribution in [3.8, 4) is 0 Å². The first kappa shape index (κ1) is 18.0. The van der Waals surface area contributed by atoms with Crippen molar-refractivity contribution in [3.05, 3.63) is 60.8 Å². The van der Waals surface area contributed by atoms with Crippen LogP contribution in [0.1, 0.15) is 12.5 Å². The van der Waals surface area contributed by atoms with Crippen LogP contribution in [-0.2, 0) is 20.6 Å². The number of nitrogens with one attached hydrogen (secondary N) is 1. The average molecular weight is 371 g/mol. The summed E-state index contributed by atoms with van der Waals surface area (Å²) < 4.78 is 3.96. The molecule has 0 aliphatic rings. The van der Waals surface area contributed by atoms with Crippen LogP contribution in [-0.4, -0.2) is 29.8 Å². The van der Waals surface area contributed by atoms with Crippen LogP contribution in [0.3, 0.4) is 0 Å². The lowest BCUT2D eigenvalue weighted by Gasteiger charge is -2.05. The van der Waals surface area contributed by atoms with Gasteiger partial charge in [0.05, 0.1) is 11.1 Å². The van der Waals surface area contributed by atoms with Crippen molar-refractivity contribution < 1.29 is 4.92 Å². The van der Waals surface area contributed by atoms with Gasteiger partial charge in [-0.3, -0.25) is 24.0 Å². The maximum atomic E-state index is 12.4. The van der Waals surface area contributed by atoms with E-state index in [0.29, 0.717) is 23.6 Å². The van der Waals surface area contributed by atoms with Crippen LogP contribution in [0.5, 0.6) is 0 Å². The van der Waals surface area contributed by atoms with Gasteiger partial charge in [0.15, 0.2) is 11.2 Å². The molecule has 0 aliphatic heterocycles. The zero-order chi connectivity index (χ0) is 19.7. The maximum absolute atomic E-state index is 12.4. The summed E-state index contributed by atoms with van der Waals surface area (Å²) in [5.74, 6) is 0.309. The highest BCUT2D eigenvalue weighted by Crippen LogP contribution is 2.15. The second-order valence-corrected chi connectivity index (χ2v) is 5.78. The summed E-state index contributed by atoms with van der Waals surface area (Å²) in [6.45, 7) is 2.29. The van der Waals surface area contributed by atoms with Crippen molar-refractivity contribution in [2.45, 2.75) is 13.5 Å². The van der Waals surface area contributed by atoms with Gasteiger partial charge in [-0.2, -0.15) is 10.1 Å².